The number of rotatable bonds is 4. The first-order chi connectivity index (χ1) is 7.38. The first-order valence-electron chi connectivity index (χ1n) is 4.66. The molecular formula is C10H11N3OS. The molecule has 2 aromatic heterocycles. The van der Waals surface area contributed by atoms with Crippen LogP contribution in [0.2, 0.25) is 0 Å². The summed E-state index contributed by atoms with van der Waals surface area (Å²) in [6.45, 7) is 2.90. The van der Waals surface area contributed by atoms with E-state index in [-0.39, 0.29) is 0 Å². The fourth-order valence-electron chi connectivity index (χ4n) is 1.11. The third-order valence-corrected chi connectivity index (χ3v) is 2.57. The van der Waals surface area contributed by atoms with Crippen molar-refractivity contribution in [1.29, 1.82) is 0 Å². The fourth-order valence-corrected chi connectivity index (χ4v) is 1.83. The zero-order chi connectivity index (χ0) is 10.5. The summed E-state index contributed by atoms with van der Waals surface area (Å²) < 4.78 is 5.15. The Hall–Kier alpha value is -1.49. The summed E-state index contributed by atoms with van der Waals surface area (Å²) in [6, 6.07) is 3.90. The number of oxazole rings is 1. The maximum absolute atomic E-state index is 5.15. The molecule has 1 N–H and O–H groups in total. The summed E-state index contributed by atoms with van der Waals surface area (Å²) in [5, 5.41) is 3.79. The number of aromatic nitrogens is 2. The molecule has 0 spiro atoms. The van der Waals surface area contributed by atoms with Crippen molar-refractivity contribution >= 4 is 17.6 Å². The lowest BCUT2D eigenvalue weighted by Crippen LogP contribution is -1.98. The minimum atomic E-state index is 0.642. The van der Waals surface area contributed by atoms with Gasteiger partial charge in [0, 0.05) is 17.6 Å². The van der Waals surface area contributed by atoms with E-state index in [1.807, 2.05) is 19.1 Å². The van der Waals surface area contributed by atoms with Crippen LogP contribution in [0.4, 0.5) is 5.82 Å². The fraction of sp³-hybridized carbons (Fsp3) is 0.200. The zero-order valence-electron chi connectivity index (χ0n) is 8.30. The van der Waals surface area contributed by atoms with Gasteiger partial charge in [-0.3, -0.25) is 0 Å². The Morgan fingerprint density at radius 1 is 1.40 bits per heavy atom. The third kappa shape index (κ3) is 2.73. The lowest BCUT2D eigenvalue weighted by atomic mass is 10.4. The van der Waals surface area contributed by atoms with Gasteiger partial charge in [-0.2, -0.15) is 0 Å². The zero-order valence-corrected chi connectivity index (χ0v) is 9.12. The molecule has 0 unspecified atom stereocenters. The van der Waals surface area contributed by atoms with Gasteiger partial charge in [-0.05, 0) is 30.8 Å². The highest BCUT2D eigenvalue weighted by molar-refractivity contribution is 7.99. The molecule has 0 saturated carbocycles. The molecule has 0 aromatic carbocycles. The summed E-state index contributed by atoms with van der Waals surface area (Å²) in [7, 11) is 0. The summed E-state index contributed by atoms with van der Waals surface area (Å²) in [5.74, 6) is 0.869. The van der Waals surface area contributed by atoms with Gasteiger partial charge < -0.3 is 9.73 Å². The van der Waals surface area contributed by atoms with Crippen molar-refractivity contribution in [3.63, 3.8) is 0 Å². The third-order valence-electron chi connectivity index (χ3n) is 1.70. The Morgan fingerprint density at radius 2 is 2.33 bits per heavy atom. The molecule has 2 rings (SSSR count). The van der Waals surface area contributed by atoms with E-state index in [2.05, 4.69) is 15.3 Å². The molecule has 0 atom stereocenters. The van der Waals surface area contributed by atoms with E-state index in [9.17, 15) is 0 Å². The van der Waals surface area contributed by atoms with Crippen LogP contribution < -0.4 is 5.32 Å². The van der Waals surface area contributed by atoms with Crippen LogP contribution in [0.25, 0.3) is 0 Å². The lowest BCUT2D eigenvalue weighted by molar-refractivity contribution is 0.454. The van der Waals surface area contributed by atoms with Crippen LogP contribution >= 0.6 is 11.8 Å². The number of pyridine rings is 1. The predicted octanol–water partition coefficient (Wildman–Crippen LogP) is 2.65. The number of hydrogen-bond donors (Lipinski definition) is 1. The lowest BCUT2D eigenvalue weighted by Gasteiger charge is -2.02. The highest BCUT2D eigenvalue weighted by atomic mass is 32.2. The van der Waals surface area contributed by atoms with Gasteiger partial charge in [0.25, 0.3) is 5.22 Å². The van der Waals surface area contributed by atoms with Crippen molar-refractivity contribution in [3.05, 3.63) is 30.8 Å². The number of hydrogen-bond acceptors (Lipinski definition) is 5. The van der Waals surface area contributed by atoms with Crippen LogP contribution in [-0.4, -0.2) is 16.5 Å². The highest BCUT2D eigenvalue weighted by Gasteiger charge is 2.02. The van der Waals surface area contributed by atoms with E-state index in [0.717, 1.165) is 17.3 Å². The molecule has 0 aliphatic heterocycles. The second-order valence-corrected chi connectivity index (χ2v) is 3.83. The van der Waals surface area contributed by atoms with Gasteiger partial charge in [-0.1, -0.05) is 0 Å². The van der Waals surface area contributed by atoms with Crippen LogP contribution in [0, 0.1) is 0 Å². The Kier molecular flexibility index (Phi) is 3.24. The van der Waals surface area contributed by atoms with Crippen LogP contribution in [0.5, 0.6) is 0 Å². The Labute approximate surface area is 92.1 Å². The number of nitrogens with one attached hydrogen (secondary N) is 1. The predicted molar refractivity (Wildman–Crippen MR) is 59.0 cm³/mol. The van der Waals surface area contributed by atoms with Gasteiger partial charge >= 0.3 is 0 Å². The quantitative estimate of drug-likeness (QED) is 0.860. The molecule has 0 saturated heterocycles. The van der Waals surface area contributed by atoms with Gasteiger partial charge in [-0.15, -0.1) is 0 Å². The smallest absolute Gasteiger partial charge is 0.260 e. The van der Waals surface area contributed by atoms with Gasteiger partial charge in [0.15, 0.2) is 0 Å². The maximum atomic E-state index is 5.15. The van der Waals surface area contributed by atoms with Crippen molar-refractivity contribution in [3.8, 4) is 0 Å². The molecule has 0 fully saturated rings. The topological polar surface area (TPSA) is 51.0 Å². The van der Waals surface area contributed by atoms with Crippen molar-refractivity contribution in [2.24, 2.45) is 0 Å². The van der Waals surface area contributed by atoms with E-state index in [4.69, 9.17) is 4.42 Å². The van der Waals surface area contributed by atoms with Crippen LogP contribution in [-0.2, 0) is 0 Å². The van der Waals surface area contributed by atoms with Gasteiger partial charge in [-0.25, -0.2) is 9.97 Å². The summed E-state index contributed by atoms with van der Waals surface area (Å²) in [6.07, 6.45) is 4.97. The molecule has 4 nitrogen and oxygen atoms in total. The highest BCUT2D eigenvalue weighted by Crippen LogP contribution is 2.26. The number of anilines is 1. The van der Waals surface area contributed by atoms with Crippen LogP contribution in [0.15, 0.2) is 45.3 Å². The molecule has 78 valence electrons. The van der Waals surface area contributed by atoms with Gasteiger partial charge in [0.2, 0.25) is 0 Å². The minimum Gasteiger partial charge on any atom is -0.440 e. The normalized spacial score (nSPS) is 10.2. The molecule has 5 heteroatoms. The average molecular weight is 221 g/mol. The largest absolute Gasteiger partial charge is 0.440 e. The standard InChI is InChI=1S/C10H11N3OS/c1-2-11-9-7-8(3-4-12-9)15-10-13-5-6-14-10/h3-7H,2H2,1H3,(H,11,12). The maximum Gasteiger partial charge on any atom is 0.260 e. The molecule has 0 aliphatic rings. The van der Waals surface area contributed by atoms with Crippen molar-refractivity contribution in [1.82, 2.24) is 9.97 Å². The summed E-state index contributed by atoms with van der Waals surface area (Å²) >= 11 is 1.48. The molecule has 0 amide bonds. The van der Waals surface area contributed by atoms with Crippen molar-refractivity contribution in [2.45, 2.75) is 17.0 Å². The summed E-state index contributed by atoms with van der Waals surface area (Å²) in [4.78, 5) is 9.28. The minimum absolute atomic E-state index is 0.642. The molecule has 2 heterocycles. The van der Waals surface area contributed by atoms with E-state index in [1.54, 1.807) is 18.7 Å². The monoisotopic (exact) mass is 221 g/mol. The van der Waals surface area contributed by atoms with Crippen LogP contribution in [0.1, 0.15) is 6.92 Å². The van der Waals surface area contributed by atoms with E-state index in [0.29, 0.717) is 5.22 Å². The van der Waals surface area contributed by atoms with Crippen molar-refractivity contribution in [2.75, 3.05) is 11.9 Å². The van der Waals surface area contributed by atoms with E-state index < -0.39 is 0 Å². The first-order valence-corrected chi connectivity index (χ1v) is 5.47. The Balaban J connectivity index is 2.11. The van der Waals surface area contributed by atoms with E-state index in [1.165, 1.54) is 11.8 Å². The van der Waals surface area contributed by atoms with Gasteiger partial charge in [0.1, 0.15) is 12.1 Å². The Bertz CT molecular complexity index is 416. The second kappa shape index (κ2) is 4.84. The molecule has 0 radical (unpaired) electrons. The molecule has 2 aromatic rings. The van der Waals surface area contributed by atoms with Crippen molar-refractivity contribution < 1.29 is 4.42 Å². The van der Waals surface area contributed by atoms with Crippen LogP contribution in [0.3, 0.4) is 0 Å². The number of nitrogens with zero attached hydrogens (tertiary/aromatic N) is 2. The van der Waals surface area contributed by atoms with E-state index >= 15 is 0 Å². The molecule has 15 heavy (non-hydrogen) atoms. The second-order valence-electron chi connectivity index (χ2n) is 2.81. The average Bonchev–Trinajstić information content (AvgIpc) is 2.71. The Morgan fingerprint density at radius 3 is 3.07 bits per heavy atom. The SMILES string of the molecule is CCNc1cc(Sc2ncco2)ccn1. The molecule has 0 bridgehead atoms. The summed E-state index contributed by atoms with van der Waals surface area (Å²) in [5.41, 5.74) is 0. The molecule has 0 aliphatic carbocycles. The first kappa shape index (κ1) is 10.0. The van der Waals surface area contributed by atoms with Gasteiger partial charge in [0.05, 0.1) is 6.20 Å². The molecular weight excluding hydrogens is 210 g/mol.